The number of rotatable bonds is 0. The highest BCUT2D eigenvalue weighted by Gasteiger charge is 2.19. The predicted octanol–water partition coefficient (Wildman–Crippen LogP) is 3.34. The molecule has 1 aliphatic rings. The van der Waals surface area contributed by atoms with Crippen molar-refractivity contribution < 1.29 is 0 Å². The van der Waals surface area contributed by atoms with E-state index in [4.69, 9.17) is 11.6 Å². The molecule has 2 heterocycles. The molecule has 0 unspecified atom stereocenters. The molecule has 1 aromatic heterocycles. The van der Waals surface area contributed by atoms with Crippen LogP contribution in [0.5, 0.6) is 0 Å². The summed E-state index contributed by atoms with van der Waals surface area (Å²) >= 11 is 7.89. The molecular formula is C10H7ClN2S. The molecule has 4 heteroatoms. The van der Waals surface area contributed by atoms with E-state index in [1.165, 1.54) is 11.1 Å². The Morgan fingerprint density at radius 2 is 2.36 bits per heavy atom. The van der Waals surface area contributed by atoms with Crippen LogP contribution >= 0.6 is 23.4 Å². The lowest BCUT2D eigenvalue weighted by atomic mass is 10.1. The van der Waals surface area contributed by atoms with Crippen LogP contribution in [0, 0.1) is 0 Å². The Labute approximate surface area is 90.7 Å². The van der Waals surface area contributed by atoms with Gasteiger partial charge in [0.2, 0.25) is 0 Å². The molecule has 0 atom stereocenters. The zero-order chi connectivity index (χ0) is 9.54. The van der Waals surface area contributed by atoms with E-state index in [2.05, 4.69) is 16.3 Å². The van der Waals surface area contributed by atoms with Crippen molar-refractivity contribution in [2.75, 3.05) is 0 Å². The monoisotopic (exact) mass is 222 g/mol. The summed E-state index contributed by atoms with van der Waals surface area (Å²) in [6, 6.07) is 5.97. The number of H-pyrrole nitrogens is 1. The van der Waals surface area contributed by atoms with Crippen LogP contribution in [0.1, 0.15) is 5.56 Å². The number of aromatic nitrogens is 2. The van der Waals surface area contributed by atoms with Gasteiger partial charge in [-0.25, -0.2) is 0 Å². The van der Waals surface area contributed by atoms with E-state index in [1.54, 1.807) is 11.8 Å². The number of aromatic amines is 1. The third kappa shape index (κ3) is 1.09. The molecule has 0 saturated carbocycles. The van der Waals surface area contributed by atoms with Crippen molar-refractivity contribution in [3.8, 4) is 11.3 Å². The molecule has 3 rings (SSSR count). The van der Waals surface area contributed by atoms with E-state index in [-0.39, 0.29) is 0 Å². The van der Waals surface area contributed by atoms with Gasteiger partial charge >= 0.3 is 0 Å². The van der Waals surface area contributed by atoms with Gasteiger partial charge in [-0.15, -0.1) is 11.8 Å². The minimum atomic E-state index is 0.827. The van der Waals surface area contributed by atoms with E-state index >= 15 is 0 Å². The third-order valence-electron chi connectivity index (χ3n) is 2.33. The summed E-state index contributed by atoms with van der Waals surface area (Å²) in [5.74, 6) is 0.947. The lowest BCUT2D eigenvalue weighted by Gasteiger charge is -2.15. The molecule has 0 amide bonds. The van der Waals surface area contributed by atoms with Gasteiger partial charge in [-0.05, 0) is 6.07 Å². The van der Waals surface area contributed by atoms with Gasteiger partial charge in [0.25, 0.3) is 0 Å². The number of halogens is 1. The zero-order valence-electron chi connectivity index (χ0n) is 7.25. The number of hydrogen-bond acceptors (Lipinski definition) is 2. The number of benzene rings is 1. The van der Waals surface area contributed by atoms with E-state index in [9.17, 15) is 0 Å². The number of fused-ring (bicyclic) bond motifs is 3. The molecule has 2 aromatic rings. The van der Waals surface area contributed by atoms with Gasteiger partial charge in [0.15, 0.2) is 0 Å². The fourth-order valence-corrected chi connectivity index (χ4v) is 3.04. The second kappa shape index (κ2) is 3.04. The molecule has 0 spiro atoms. The fourth-order valence-electron chi connectivity index (χ4n) is 1.66. The van der Waals surface area contributed by atoms with Crippen molar-refractivity contribution in [3.63, 3.8) is 0 Å². The van der Waals surface area contributed by atoms with Crippen molar-refractivity contribution in [2.24, 2.45) is 0 Å². The van der Waals surface area contributed by atoms with E-state index < -0.39 is 0 Å². The summed E-state index contributed by atoms with van der Waals surface area (Å²) in [7, 11) is 0. The quantitative estimate of drug-likeness (QED) is 0.741. The van der Waals surface area contributed by atoms with Crippen molar-refractivity contribution in [3.05, 3.63) is 35.0 Å². The first-order valence-corrected chi connectivity index (χ1v) is 5.66. The van der Waals surface area contributed by atoms with Crippen LogP contribution in [-0.2, 0) is 5.75 Å². The largest absolute Gasteiger partial charge is 0.277 e. The highest BCUT2D eigenvalue weighted by Crippen LogP contribution is 2.43. The minimum absolute atomic E-state index is 0.827. The Bertz CT molecular complexity index is 493. The van der Waals surface area contributed by atoms with Gasteiger partial charge in [-0.2, -0.15) is 5.10 Å². The molecule has 14 heavy (non-hydrogen) atoms. The molecule has 0 radical (unpaired) electrons. The van der Waals surface area contributed by atoms with Gasteiger partial charge in [0.05, 0.1) is 16.9 Å². The second-order valence-corrected chi connectivity index (χ2v) is 4.57. The molecule has 70 valence electrons. The maximum absolute atomic E-state index is 6.12. The number of nitrogens with one attached hydrogen (secondary N) is 1. The second-order valence-electron chi connectivity index (χ2n) is 3.18. The van der Waals surface area contributed by atoms with Crippen LogP contribution in [-0.4, -0.2) is 10.2 Å². The van der Waals surface area contributed by atoms with Crippen LogP contribution in [0.15, 0.2) is 29.3 Å². The minimum Gasteiger partial charge on any atom is -0.277 e. The first kappa shape index (κ1) is 8.38. The molecule has 2 nitrogen and oxygen atoms in total. The molecule has 0 bridgehead atoms. The topological polar surface area (TPSA) is 28.7 Å². The molecule has 1 aliphatic heterocycles. The summed E-state index contributed by atoms with van der Waals surface area (Å²) in [4.78, 5) is 1.16. The summed E-state index contributed by atoms with van der Waals surface area (Å²) in [5, 5.41) is 7.90. The Morgan fingerprint density at radius 3 is 3.29 bits per heavy atom. The van der Waals surface area contributed by atoms with E-state index in [1.807, 2.05) is 18.3 Å². The molecule has 0 fully saturated rings. The van der Waals surface area contributed by atoms with Crippen molar-refractivity contribution >= 4 is 23.4 Å². The maximum Gasteiger partial charge on any atom is 0.0702 e. The number of nitrogens with zero attached hydrogens (tertiary/aromatic N) is 1. The van der Waals surface area contributed by atoms with Gasteiger partial charge in [-0.3, -0.25) is 5.10 Å². The zero-order valence-corrected chi connectivity index (χ0v) is 8.82. The Morgan fingerprint density at radius 1 is 1.43 bits per heavy atom. The van der Waals surface area contributed by atoms with E-state index in [0.717, 1.165) is 21.4 Å². The molecule has 1 N–H and O–H groups in total. The fraction of sp³-hybridized carbons (Fsp3) is 0.100. The normalized spacial score (nSPS) is 13.5. The summed E-state index contributed by atoms with van der Waals surface area (Å²) in [5.41, 5.74) is 3.53. The van der Waals surface area contributed by atoms with Gasteiger partial charge < -0.3 is 0 Å². The molecule has 0 aliphatic carbocycles. The number of thioether (sulfide) groups is 1. The smallest absolute Gasteiger partial charge is 0.0702 e. The Balaban J connectivity index is 2.31. The van der Waals surface area contributed by atoms with Crippen LogP contribution in [0.25, 0.3) is 11.3 Å². The predicted molar refractivity (Wildman–Crippen MR) is 58.6 cm³/mol. The highest BCUT2D eigenvalue weighted by atomic mass is 35.5. The Kier molecular flexibility index (Phi) is 1.82. The average Bonchev–Trinajstić information content (AvgIpc) is 2.66. The summed E-state index contributed by atoms with van der Waals surface area (Å²) < 4.78 is 0. The van der Waals surface area contributed by atoms with Crippen molar-refractivity contribution in [2.45, 2.75) is 10.6 Å². The molecule has 0 saturated heterocycles. The van der Waals surface area contributed by atoms with Crippen LogP contribution < -0.4 is 0 Å². The van der Waals surface area contributed by atoms with Gasteiger partial charge in [0, 0.05) is 21.8 Å². The standard InChI is InChI=1S/C10H7ClN2S/c11-8-3-1-2-7-9-6(4-12-13-9)5-14-10(7)8/h1-4H,5H2,(H,12,13). The number of hydrogen-bond donors (Lipinski definition) is 1. The van der Waals surface area contributed by atoms with Crippen LogP contribution in [0.2, 0.25) is 5.02 Å². The summed E-state index contributed by atoms with van der Waals surface area (Å²) in [6.07, 6.45) is 1.88. The first-order chi connectivity index (χ1) is 6.86. The molecular weight excluding hydrogens is 216 g/mol. The average molecular weight is 223 g/mol. The third-order valence-corrected chi connectivity index (χ3v) is 3.94. The Hall–Kier alpha value is -0.930. The lowest BCUT2D eigenvalue weighted by molar-refractivity contribution is 1.09. The van der Waals surface area contributed by atoms with E-state index in [0.29, 0.717) is 0 Å². The van der Waals surface area contributed by atoms with Gasteiger partial charge in [0.1, 0.15) is 0 Å². The van der Waals surface area contributed by atoms with Crippen LogP contribution in [0.3, 0.4) is 0 Å². The summed E-state index contributed by atoms with van der Waals surface area (Å²) in [6.45, 7) is 0. The van der Waals surface area contributed by atoms with Gasteiger partial charge in [-0.1, -0.05) is 23.7 Å². The van der Waals surface area contributed by atoms with Crippen molar-refractivity contribution in [1.29, 1.82) is 0 Å². The lowest BCUT2D eigenvalue weighted by Crippen LogP contribution is -1.94. The molecule has 1 aromatic carbocycles. The van der Waals surface area contributed by atoms with Crippen LogP contribution in [0.4, 0.5) is 0 Å². The SMILES string of the molecule is Clc1cccc2c1SCc1cn[nH]c1-2. The first-order valence-electron chi connectivity index (χ1n) is 4.30. The maximum atomic E-state index is 6.12. The van der Waals surface area contributed by atoms with Crippen molar-refractivity contribution in [1.82, 2.24) is 10.2 Å². The highest BCUT2D eigenvalue weighted by molar-refractivity contribution is 7.98.